The van der Waals surface area contributed by atoms with Crippen LogP contribution in [-0.4, -0.2) is 17.0 Å². The van der Waals surface area contributed by atoms with Crippen molar-refractivity contribution in [3.63, 3.8) is 0 Å². The smallest absolute Gasteiger partial charge is 0.335 e. The molecule has 0 bridgehead atoms. The monoisotopic (exact) mass is 344 g/mol. The summed E-state index contributed by atoms with van der Waals surface area (Å²) in [6.07, 6.45) is 9.56. The first kappa shape index (κ1) is 15.9. The summed E-state index contributed by atoms with van der Waals surface area (Å²) in [7, 11) is 0. The number of aromatic carboxylic acids is 1. The lowest BCUT2D eigenvalue weighted by atomic mass is 9.90. The van der Waals surface area contributed by atoms with Gasteiger partial charge in [0.2, 0.25) is 5.91 Å². The fourth-order valence-electron chi connectivity index (χ4n) is 3.29. The Kier molecular flexibility index (Phi) is 3.89. The topological polar surface area (TPSA) is 78.4 Å². The maximum atomic E-state index is 12.7. The Morgan fingerprint density at radius 1 is 1.00 bits per heavy atom. The Morgan fingerprint density at radius 3 is 2.58 bits per heavy atom. The number of carbonyl (C=O) groups is 2. The molecule has 2 heterocycles. The summed E-state index contributed by atoms with van der Waals surface area (Å²) >= 11 is 0. The highest BCUT2D eigenvalue weighted by Gasteiger charge is 2.33. The zero-order chi connectivity index (χ0) is 18.1. The van der Waals surface area contributed by atoms with Crippen LogP contribution in [0.4, 0.5) is 5.69 Å². The number of carboxylic acids is 1. The predicted molar refractivity (Wildman–Crippen MR) is 99.7 cm³/mol. The van der Waals surface area contributed by atoms with Crippen LogP contribution >= 0.6 is 0 Å². The van der Waals surface area contributed by atoms with Crippen molar-refractivity contribution < 1.29 is 14.7 Å². The number of allylic oxidation sites excluding steroid dienone is 4. The molecule has 4 rings (SSSR count). The second kappa shape index (κ2) is 6.37. The molecular formula is C21H16N2O3. The van der Waals surface area contributed by atoms with E-state index in [9.17, 15) is 9.59 Å². The summed E-state index contributed by atoms with van der Waals surface area (Å²) in [4.78, 5) is 23.7. The average molecular weight is 344 g/mol. The fourth-order valence-corrected chi connectivity index (χ4v) is 3.29. The van der Waals surface area contributed by atoms with Crippen LogP contribution in [0.1, 0.15) is 33.0 Å². The molecule has 0 fully saturated rings. The van der Waals surface area contributed by atoms with E-state index in [0.29, 0.717) is 0 Å². The van der Waals surface area contributed by atoms with Gasteiger partial charge in [0, 0.05) is 17.5 Å². The third kappa shape index (κ3) is 2.69. The van der Waals surface area contributed by atoms with Gasteiger partial charge in [0.25, 0.3) is 0 Å². The Labute approximate surface area is 150 Å². The number of rotatable bonds is 3. The molecular weight excluding hydrogens is 328 g/mol. The van der Waals surface area contributed by atoms with Gasteiger partial charge in [0.05, 0.1) is 17.2 Å². The molecule has 1 atom stereocenters. The normalized spacial score (nSPS) is 17.8. The van der Waals surface area contributed by atoms with Crippen molar-refractivity contribution in [2.75, 3.05) is 5.32 Å². The number of hydrogen-bond donors (Lipinski definition) is 3. The minimum absolute atomic E-state index is 0.115. The lowest BCUT2D eigenvalue weighted by Crippen LogP contribution is -2.13. The van der Waals surface area contributed by atoms with Crippen molar-refractivity contribution in [2.24, 2.45) is 0 Å². The quantitative estimate of drug-likeness (QED) is 0.796. The summed E-state index contributed by atoms with van der Waals surface area (Å²) in [6.45, 7) is 0. The van der Waals surface area contributed by atoms with E-state index in [2.05, 4.69) is 10.6 Å². The summed E-state index contributed by atoms with van der Waals surface area (Å²) in [5, 5.41) is 15.3. The second-order valence-corrected chi connectivity index (χ2v) is 6.09. The maximum Gasteiger partial charge on any atom is 0.335 e. The van der Waals surface area contributed by atoms with Gasteiger partial charge >= 0.3 is 5.97 Å². The maximum absolute atomic E-state index is 12.7. The molecule has 0 saturated carbocycles. The minimum atomic E-state index is -0.984. The van der Waals surface area contributed by atoms with Gasteiger partial charge in [-0.1, -0.05) is 42.5 Å². The highest BCUT2D eigenvalue weighted by atomic mass is 16.4. The Balaban J connectivity index is 1.76. The molecule has 1 unspecified atom stereocenters. The largest absolute Gasteiger partial charge is 0.478 e. The zero-order valence-corrected chi connectivity index (χ0v) is 13.8. The lowest BCUT2D eigenvalue weighted by molar-refractivity contribution is -0.116. The van der Waals surface area contributed by atoms with Crippen LogP contribution in [0.25, 0.3) is 5.70 Å². The molecule has 26 heavy (non-hydrogen) atoms. The van der Waals surface area contributed by atoms with Crippen LogP contribution < -0.4 is 10.6 Å². The van der Waals surface area contributed by atoms with E-state index in [-0.39, 0.29) is 11.5 Å². The minimum Gasteiger partial charge on any atom is -0.478 e. The Bertz CT molecular complexity index is 985. The molecule has 2 aliphatic heterocycles. The summed E-state index contributed by atoms with van der Waals surface area (Å²) in [5.41, 5.74) is 4.45. The molecule has 5 heteroatoms. The molecule has 2 aliphatic rings. The van der Waals surface area contributed by atoms with Crippen LogP contribution in [0.5, 0.6) is 0 Å². The first-order chi connectivity index (χ1) is 12.6. The molecule has 0 aliphatic carbocycles. The molecule has 0 spiro atoms. The van der Waals surface area contributed by atoms with E-state index < -0.39 is 11.9 Å². The standard InChI is InChI=1S/C21H16N2O3/c24-20-18(13-8-10-14(11-9-13)21(25)26)16-6-4-5-15(19(16)23-20)17-7-2-1-3-12-22-17/h1-12,18,22H,(H,23,24)(H,25,26). The Hall–Kier alpha value is -3.60. The molecule has 3 N–H and O–H groups in total. The molecule has 128 valence electrons. The van der Waals surface area contributed by atoms with Crippen molar-refractivity contribution in [2.45, 2.75) is 5.92 Å². The SMILES string of the molecule is O=C(O)c1ccc(C2C(=O)Nc3c(C4=CC=CC=CN4)cccc32)cc1. The zero-order valence-electron chi connectivity index (χ0n) is 13.8. The number of nitrogens with one attached hydrogen (secondary N) is 2. The third-order valence-corrected chi connectivity index (χ3v) is 4.52. The molecule has 1 amide bonds. The van der Waals surface area contributed by atoms with E-state index in [1.165, 1.54) is 12.1 Å². The van der Waals surface area contributed by atoms with E-state index in [0.717, 1.165) is 28.1 Å². The van der Waals surface area contributed by atoms with E-state index >= 15 is 0 Å². The summed E-state index contributed by atoms with van der Waals surface area (Å²) in [6, 6.07) is 12.3. The van der Waals surface area contributed by atoms with Crippen molar-refractivity contribution >= 4 is 23.3 Å². The Morgan fingerprint density at radius 2 is 1.81 bits per heavy atom. The van der Waals surface area contributed by atoms with Crippen molar-refractivity contribution in [1.82, 2.24) is 5.32 Å². The first-order valence-electron chi connectivity index (χ1n) is 8.22. The van der Waals surface area contributed by atoms with Crippen LogP contribution in [0.3, 0.4) is 0 Å². The van der Waals surface area contributed by atoms with Crippen molar-refractivity contribution in [3.05, 3.63) is 95.2 Å². The number of anilines is 1. The van der Waals surface area contributed by atoms with Crippen LogP contribution in [0.2, 0.25) is 0 Å². The molecule has 0 aromatic heterocycles. The van der Waals surface area contributed by atoms with Gasteiger partial charge in [0.15, 0.2) is 0 Å². The van der Waals surface area contributed by atoms with Crippen molar-refractivity contribution in [1.29, 1.82) is 0 Å². The fraction of sp³-hybridized carbons (Fsp3) is 0.0476. The van der Waals surface area contributed by atoms with Crippen LogP contribution in [0, 0.1) is 0 Å². The summed E-state index contributed by atoms with van der Waals surface area (Å²) in [5.74, 6) is -1.55. The highest BCUT2D eigenvalue weighted by Crippen LogP contribution is 2.41. The third-order valence-electron chi connectivity index (χ3n) is 4.52. The van der Waals surface area contributed by atoms with Gasteiger partial charge in [-0.05, 0) is 35.4 Å². The van der Waals surface area contributed by atoms with E-state index in [1.54, 1.807) is 12.1 Å². The van der Waals surface area contributed by atoms with E-state index in [1.807, 2.05) is 48.7 Å². The molecule has 2 aromatic rings. The second-order valence-electron chi connectivity index (χ2n) is 6.09. The lowest BCUT2D eigenvalue weighted by Gasteiger charge is -2.13. The molecule has 0 saturated heterocycles. The summed E-state index contributed by atoms with van der Waals surface area (Å²) < 4.78 is 0. The van der Waals surface area contributed by atoms with Gasteiger partial charge in [-0.3, -0.25) is 4.79 Å². The first-order valence-corrected chi connectivity index (χ1v) is 8.22. The van der Waals surface area contributed by atoms with Gasteiger partial charge in [0.1, 0.15) is 0 Å². The molecule has 0 radical (unpaired) electrons. The van der Waals surface area contributed by atoms with Crippen LogP contribution in [0.15, 0.2) is 73.0 Å². The van der Waals surface area contributed by atoms with Crippen molar-refractivity contribution in [3.8, 4) is 0 Å². The number of carboxylic acid groups (broad SMARTS) is 1. The highest BCUT2D eigenvalue weighted by molar-refractivity contribution is 6.07. The van der Waals surface area contributed by atoms with Gasteiger partial charge in [-0.15, -0.1) is 0 Å². The number of benzene rings is 2. The average Bonchev–Trinajstić information content (AvgIpc) is 2.82. The van der Waals surface area contributed by atoms with Gasteiger partial charge in [-0.25, -0.2) is 4.79 Å². The molecule has 2 aromatic carbocycles. The number of para-hydroxylation sites is 1. The van der Waals surface area contributed by atoms with Gasteiger partial charge in [-0.2, -0.15) is 0 Å². The number of amides is 1. The number of hydrogen-bond acceptors (Lipinski definition) is 3. The van der Waals surface area contributed by atoms with Gasteiger partial charge < -0.3 is 15.7 Å². The van der Waals surface area contributed by atoms with Crippen LogP contribution in [-0.2, 0) is 4.79 Å². The predicted octanol–water partition coefficient (Wildman–Crippen LogP) is 3.48. The number of carbonyl (C=O) groups excluding carboxylic acids is 1. The molecule has 5 nitrogen and oxygen atoms in total. The van der Waals surface area contributed by atoms with E-state index in [4.69, 9.17) is 5.11 Å². The number of fused-ring (bicyclic) bond motifs is 1.